The van der Waals surface area contributed by atoms with Crippen LogP contribution in [0.5, 0.6) is 11.5 Å². The van der Waals surface area contributed by atoms with Gasteiger partial charge in [0.1, 0.15) is 11.5 Å². The molecule has 2 amide bonds. The van der Waals surface area contributed by atoms with Crippen molar-refractivity contribution in [2.24, 2.45) is 0 Å². The molecule has 1 N–H and O–H groups in total. The Labute approximate surface area is 174 Å². The van der Waals surface area contributed by atoms with Gasteiger partial charge in [-0.15, -0.1) is 0 Å². The molecule has 146 valence electrons. The first-order chi connectivity index (χ1) is 14.0. The van der Waals surface area contributed by atoms with Gasteiger partial charge >= 0.3 is 0 Å². The van der Waals surface area contributed by atoms with Crippen LogP contribution in [-0.2, 0) is 11.2 Å². The highest BCUT2D eigenvalue weighted by atomic mass is 32.2. The molecule has 1 aliphatic heterocycles. The van der Waals surface area contributed by atoms with Gasteiger partial charge in [-0.05, 0) is 66.8 Å². The molecule has 0 radical (unpaired) electrons. The number of nitrogens with one attached hydrogen (secondary N) is 1. The fourth-order valence-electron chi connectivity index (χ4n) is 3.44. The normalized spacial score (nSPS) is 16.0. The smallest absolute Gasteiger partial charge is 0.286 e. The summed E-state index contributed by atoms with van der Waals surface area (Å²) in [7, 11) is 0. The van der Waals surface area contributed by atoms with Crippen LogP contribution in [0.2, 0.25) is 0 Å². The van der Waals surface area contributed by atoms with Crippen molar-refractivity contribution < 1.29 is 14.3 Å². The number of hydrogen-bond donors (Lipinski definition) is 1. The van der Waals surface area contributed by atoms with Gasteiger partial charge < -0.3 is 4.74 Å². The van der Waals surface area contributed by atoms with E-state index in [9.17, 15) is 9.59 Å². The number of hydrogen-bond acceptors (Lipinski definition) is 4. The van der Waals surface area contributed by atoms with Gasteiger partial charge in [-0.25, -0.2) is 0 Å². The zero-order chi connectivity index (χ0) is 20.4. The molecule has 1 aliphatic rings. The van der Waals surface area contributed by atoms with Crippen LogP contribution in [0.1, 0.15) is 16.7 Å². The van der Waals surface area contributed by atoms with E-state index >= 15 is 0 Å². The van der Waals surface area contributed by atoms with E-state index in [1.807, 2.05) is 42.5 Å². The summed E-state index contributed by atoms with van der Waals surface area (Å²) in [6.45, 7) is 4.21. The van der Waals surface area contributed by atoms with E-state index in [-0.39, 0.29) is 16.4 Å². The molecule has 3 aromatic carbocycles. The average Bonchev–Trinajstić information content (AvgIpc) is 3.00. The number of carbonyl (C=O) groups is 2. The van der Waals surface area contributed by atoms with Gasteiger partial charge in [-0.3, -0.25) is 14.9 Å². The van der Waals surface area contributed by atoms with Crippen LogP contribution < -0.4 is 10.1 Å². The molecule has 5 heteroatoms. The standard InChI is InChI=1S/C24H21NO3S/c1-15-6-11-21(16(2)12-15)18-4-3-5-20(14-18)28-19-9-7-17(8-10-19)13-22-23(26)25-24(27)29-22/h3-12,14,22H,13H2,1-2H3,(H,25,26,27). The molecule has 0 spiro atoms. The van der Waals surface area contributed by atoms with Crippen LogP contribution in [0.25, 0.3) is 11.1 Å². The zero-order valence-corrected chi connectivity index (χ0v) is 17.1. The van der Waals surface area contributed by atoms with Crippen molar-refractivity contribution in [3.63, 3.8) is 0 Å². The Kier molecular flexibility index (Phi) is 5.41. The predicted molar refractivity (Wildman–Crippen MR) is 116 cm³/mol. The highest BCUT2D eigenvalue weighted by molar-refractivity contribution is 8.15. The minimum absolute atomic E-state index is 0.219. The van der Waals surface area contributed by atoms with Gasteiger partial charge in [0.15, 0.2) is 0 Å². The Morgan fingerprint density at radius 1 is 0.931 bits per heavy atom. The van der Waals surface area contributed by atoms with Crippen molar-refractivity contribution in [3.05, 3.63) is 83.4 Å². The summed E-state index contributed by atoms with van der Waals surface area (Å²) in [5.74, 6) is 1.28. The average molecular weight is 404 g/mol. The van der Waals surface area contributed by atoms with E-state index in [0.717, 1.165) is 34.4 Å². The summed E-state index contributed by atoms with van der Waals surface area (Å²) >= 11 is 1.05. The Balaban J connectivity index is 1.47. The summed E-state index contributed by atoms with van der Waals surface area (Å²) < 4.78 is 6.03. The van der Waals surface area contributed by atoms with Crippen LogP contribution in [-0.4, -0.2) is 16.4 Å². The maximum atomic E-state index is 11.7. The molecule has 1 atom stereocenters. The maximum absolute atomic E-state index is 11.7. The highest BCUT2D eigenvalue weighted by Gasteiger charge is 2.31. The van der Waals surface area contributed by atoms with Crippen molar-refractivity contribution in [1.82, 2.24) is 5.32 Å². The van der Waals surface area contributed by atoms with Gasteiger partial charge in [0.25, 0.3) is 5.24 Å². The Hall–Kier alpha value is -3.05. The second-order valence-corrected chi connectivity index (χ2v) is 8.36. The Morgan fingerprint density at radius 2 is 1.72 bits per heavy atom. The lowest BCUT2D eigenvalue weighted by atomic mass is 9.99. The molecule has 3 aromatic rings. The second kappa shape index (κ2) is 8.13. The third-order valence-corrected chi connectivity index (χ3v) is 5.86. The van der Waals surface area contributed by atoms with Gasteiger partial charge in [0, 0.05) is 0 Å². The van der Waals surface area contributed by atoms with Gasteiger partial charge in [-0.1, -0.05) is 59.8 Å². The molecule has 4 rings (SSSR count). The number of aryl methyl sites for hydroxylation is 2. The lowest BCUT2D eigenvalue weighted by molar-refractivity contribution is -0.118. The quantitative estimate of drug-likeness (QED) is 0.597. The van der Waals surface area contributed by atoms with Gasteiger partial charge in [0.05, 0.1) is 5.25 Å². The Morgan fingerprint density at radius 3 is 2.41 bits per heavy atom. The topological polar surface area (TPSA) is 55.4 Å². The van der Waals surface area contributed by atoms with E-state index in [4.69, 9.17) is 4.74 Å². The summed E-state index contributed by atoms with van der Waals surface area (Å²) in [6.07, 6.45) is 0.519. The van der Waals surface area contributed by atoms with Crippen molar-refractivity contribution >= 4 is 22.9 Å². The fourth-order valence-corrected chi connectivity index (χ4v) is 4.30. The molecular weight excluding hydrogens is 382 g/mol. The summed E-state index contributed by atoms with van der Waals surface area (Å²) in [6, 6.07) is 22.1. The summed E-state index contributed by atoms with van der Waals surface area (Å²) in [5.41, 5.74) is 5.78. The van der Waals surface area contributed by atoms with E-state index in [2.05, 4.69) is 43.4 Å². The van der Waals surface area contributed by atoms with E-state index in [1.54, 1.807) is 0 Å². The molecule has 0 aliphatic carbocycles. The monoisotopic (exact) mass is 403 g/mol. The van der Waals surface area contributed by atoms with E-state index in [0.29, 0.717) is 6.42 Å². The molecule has 0 bridgehead atoms. The number of ether oxygens (including phenoxy) is 1. The first-order valence-electron chi connectivity index (χ1n) is 9.44. The van der Waals surface area contributed by atoms with Gasteiger partial charge in [0.2, 0.25) is 5.91 Å². The molecule has 29 heavy (non-hydrogen) atoms. The number of amides is 2. The number of thioether (sulfide) groups is 1. The third-order valence-electron chi connectivity index (χ3n) is 4.87. The summed E-state index contributed by atoms with van der Waals surface area (Å²) in [4.78, 5) is 23.0. The zero-order valence-electron chi connectivity index (χ0n) is 16.3. The van der Waals surface area contributed by atoms with Crippen molar-refractivity contribution in [3.8, 4) is 22.6 Å². The van der Waals surface area contributed by atoms with Gasteiger partial charge in [-0.2, -0.15) is 0 Å². The molecular formula is C24H21NO3S. The predicted octanol–water partition coefficient (Wildman–Crippen LogP) is 5.66. The number of benzene rings is 3. The molecule has 1 unspecified atom stereocenters. The van der Waals surface area contributed by atoms with Crippen molar-refractivity contribution in [2.75, 3.05) is 0 Å². The van der Waals surface area contributed by atoms with E-state index < -0.39 is 0 Å². The molecule has 4 nitrogen and oxygen atoms in total. The van der Waals surface area contributed by atoms with Crippen LogP contribution in [0.15, 0.2) is 66.7 Å². The van der Waals surface area contributed by atoms with Crippen molar-refractivity contribution in [1.29, 1.82) is 0 Å². The lowest BCUT2D eigenvalue weighted by Gasteiger charge is -2.11. The number of carbonyl (C=O) groups excluding carboxylic acids is 2. The minimum atomic E-state index is -0.358. The highest BCUT2D eigenvalue weighted by Crippen LogP contribution is 2.30. The fraction of sp³-hybridized carbons (Fsp3) is 0.167. The van der Waals surface area contributed by atoms with Crippen LogP contribution in [0, 0.1) is 13.8 Å². The number of imide groups is 1. The van der Waals surface area contributed by atoms with Crippen molar-refractivity contribution in [2.45, 2.75) is 25.5 Å². The first-order valence-corrected chi connectivity index (χ1v) is 10.3. The summed E-state index contributed by atoms with van der Waals surface area (Å²) in [5, 5.41) is 1.69. The number of rotatable bonds is 5. The maximum Gasteiger partial charge on any atom is 0.286 e. The SMILES string of the molecule is Cc1ccc(-c2cccc(Oc3ccc(CC4SC(=O)NC4=O)cc3)c2)c(C)c1. The molecule has 1 heterocycles. The second-order valence-electron chi connectivity index (χ2n) is 7.18. The first kappa shape index (κ1) is 19.3. The third kappa shape index (κ3) is 4.51. The molecule has 1 saturated heterocycles. The Bertz CT molecular complexity index is 1080. The largest absolute Gasteiger partial charge is 0.457 e. The van der Waals surface area contributed by atoms with Crippen LogP contribution >= 0.6 is 11.8 Å². The van der Waals surface area contributed by atoms with Crippen LogP contribution in [0.4, 0.5) is 4.79 Å². The molecule has 0 saturated carbocycles. The molecule has 0 aromatic heterocycles. The van der Waals surface area contributed by atoms with E-state index in [1.165, 1.54) is 16.7 Å². The minimum Gasteiger partial charge on any atom is -0.457 e. The molecule has 1 fully saturated rings. The lowest BCUT2D eigenvalue weighted by Crippen LogP contribution is -2.25. The van der Waals surface area contributed by atoms with Crippen LogP contribution in [0.3, 0.4) is 0 Å².